The summed E-state index contributed by atoms with van der Waals surface area (Å²) < 4.78 is 0. The molecule has 5 heteroatoms. The van der Waals surface area contributed by atoms with Crippen molar-refractivity contribution in [2.75, 3.05) is 24.6 Å². The highest BCUT2D eigenvalue weighted by molar-refractivity contribution is 6.29. The number of hydrogen-bond donors (Lipinski definition) is 1. The molecule has 4 nitrogen and oxygen atoms in total. The maximum absolute atomic E-state index is 9.22. The first-order chi connectivity index (χ1) is 7.60. The second kappa shape index (κ2) is 4.55. The van der Waals surface area contributed by atoms with Crippen LogP contribution in [0.15, 0.2) is 6.07 Å². The summed E-state index contributed by atoms with van der Waals surface area (Å²) >= 11 is 5.91. The monoisotopic (exact) mass is 241 g/mol. The van der Waals surface area contributed by atoms with Crippen molar-refractivity contribution in [3.05, 3.63) is 17.0 Å². The van der Waals surface area contributed by atoms with Gasteiger partial charge in [-0.1, -0.05) is 18.5 Å². The summed E-state index contributed by atoms with van der Waals surface area (Å²) in [4.78, 5) is 10.6. The zero-order valence-electron chi connectivity index (χ0n) is 9.52. The molecule has 1 aromatic rings. The molecular weight excluding hydrogens is 226 g/mol. The van der Waals surface area contributed by atoms with Crippen molar-refractivity contribution in [3.63, 3.8) is 0 Å². The number of rotatable bonds is 2. The van der Waals surface area contributed by atoms with Crippen molar-refractivity contribution in [2.24, 2.45) is 11.8 Å². The summed E-state index contributed by atoms with van der Waals surface area (Å²) in [5.41, 5.74) is 0. The molecule has 2 heterocycles. The van der Waals surface area contributed by atoms with Crippen molar-refractivity contribution in [1.82, 2.24) is 9.97 Å². The molecule has 1 aromatic heterocycles. The molecule has 0 aliphatic carbocycles. The fourth-order valence-electron chi connectivity index (χ4n) is 2.14. The second-order valence-corrected chi connectivity index (χ2v) is 4.81. The summed E-state index contributed by atoms with van der Waals surface area (Å²) in [6.07, 6.45) is 0. The summed E-state index contributed by atoms with van der Waals surface area (Å²) in [6, 6.07) is 1.78. The molecule has 2 atom stereocenters. The van der Waals surface area contributed by atoms with Gasteiger partial charge in [0, 0.05) is 31.7 Å². The van der Waals surface area contributed by atoms with Gasteiger partial charge in [0.15, 0.2) is 0 Å². The minimum atomic E-state index is 0.232. The Morgan fingerprint density at radius 1 is 1.50 bits per heavy atom. The van der Waals surface area contributed by atoms with E-state index < -0.39 is 0 Å². The number of anilines is 1. The molecule has 1 N–H and O–H groups in total. The van der Waals surface area contributed by atoms with Gasteiger partial charge in [0.05, 0.1) is 0 Å². The van der Waals surface area contributed by atoms with Crippen molar-refractivity contribution in [1.29, 1.82) is 0 Å². The standard InChI is InChI=1S/C11H16ClN3O/c1-7-4-15(5-9(7)6-16)11-3-10(12)13-8(2)14-11/h3,7,9,16H,4-6H2,1-2H3/t7-,9+/m1/s1. The van der Waals surface area contributed by atoms with Gasteiger partial charge in [0.2, 0.25) is 0 Å². The Kier molecular flexibility index (Phi) is 3.30. The van der Waals surface area contributed by atoms with Gasteiger partial charge >= 0.3 is 0 Å². The molecule has 1 fully saturated rings. The summed E-state index contributed by atoms with van der Waals surface area (Å²) in [5, 5.41) is 9.70. The predicted octanol–water partition coefficient (Wildman–Crippen LogP) is 1.50. The minimum absolute atomic E-state index is 0.232. The molecule has 1 aliphatic heterocycles. The number of aliphatic hydroxyl groups excluding tert-OH is 1. The third-order valence-corrected chi connectivity index (χ3v) is 3.31. The maximum Gasteiger partial charge on any atom is 0.134 e. The van der Waals surface area contributed by atoms with Gasteiger partial charge in [0.1, 0.15) is 16.8 Å². The van der Waals surface area contributed by atoms with E-state index in [4.69, 9.17) is 11.6 Å². The van der Waals surface area contributed by atoms with Gasteiger partial charge < -0.3 is 10.0 Å². The number of aliphatic hydroxyl groups is 1. The highest BCUT2D eigenvalue weighted by Crippen LogP contribution is 2.27. The van der Waals surface area contributed by atoms with Crippen LogP contribution in [0.4, 0.5) is 5.82 Å². The predicted molar refractivity (Wildman–Crippen MR) is 63.7 cm³/mol. The van der Waals surface area contributed by atoms with Gasteiger partial charge in [0.25, 0.3) is 0 Å². The van der Waals surface area contributed by atoms with E-state index in [9.17, 15) is 5.11 Å². The molecular formula is C11H16ClN3O. The Morgan fingerprint density at radius 3 is 2.81 bits per heavy atom. The largest absolute Gasteiger partial charge is 0.396 e. The molecule has 0 spiro atoms. The van der Waals surface area contributed by atoms with Crippen LogP contribution in [0.2, 0.25) is 5.15 Å². The molecule has 0 aromatic carbocycles. The first-order valence-corrected chi connectivity index (χ1v) is 5.85. The van der Waals surface area contributed by atoms with Crippen molar-refractivity contribution < 1.29 is 5.11 Å². The van der Waals surface area contributed by atoms with E-state index in [2.05, 4.69) is 21.8 Å². The Morgan fingerprint density at radius 2 is 2.25 bits per heavy atom. The van der Waals surface area contributed by atoms with Crippen LogP contribution in [-0.2, 0) is 0 Å². The fourth-order valence-corrected chi connectivity index (χ4v) is 2.36. The van der Waals surface area contributed by atoms with Crippen molar-refractivity contribution >= 4 is 17.4 Å². The lowest BCUT2D eigenvalue weighted by Crippen LogP contribution is -2.22. The Hall–Kier alpha value is -0.870. The van der Waals surface area contributed by atoms with Crippen LogP contribution >= 0.6 is 11.6 Å². The van der Waals surface area contributed by atoms with E-state index in [-0.39, 0.29) is 6.61 Å². The molecule has 1 saturated heterocycles. The van der Waals surface area contributed by atoms with E-state index in [1.54, 1.807) is 6.07 Å². The van der Waals surface area contributed by atoms with Crippen molar-refractivity contribution in [2.45, 2.75) is 13.8 Å². The lowest BCUT2D eigenvalue weighted by atomic mass is 10.00. The number of hydrogen-bond acceptors (Lipinski definition) is 4. The number of nitrogens with zero attached hydrogens (tertiary/aromatic N) is 3. The quantitative estimate of drug-likeness (QED) is 0.798. The first-order valence-electron chi connectivity index (χ1n) is 5.47. The highest BCUT2D eigenvalue weighted by atomic mass is 35.5. The van der Waals surface area contributed by atoms with Gasteiger partial charge in [-0.3, -0.25) is 0 Å². The normalized spacial score (nSPS) is 25.1. The molecule has 0 bridgehead atoms. The molecule has 16 heavy (non-hydrogen) atoms. The fraction of sp³-hybridized carbons (Fsp3) is 0.636. The van der Waals surface area contributed by atoms with E-state index >= 15 is 0 Å². The molecule has 1 aliphatic rings. The van der Waals surface area contributed by atoms with Crippen LogP contribution in [0.5, 0.6) is 0 Å². The summed E-state index contributed by atoms with van der Waals surface area (Å²) in [6.45, 7) is 5.97. The van der Waals surface area contributed by atoms with Crippen LogP contribution in [0.3, 0.4) is 0 Å². The SMILES string of the molecule is Cc1nc(Cl)cc(N2C[C@@H](CO)[C@H](C)C2)n1. The van der Waals surface area contributed by atoms with Crippen molar-refractivity contribution in [3.8, 4) is 0 Å². The topological polar surface area (TPSA) is 49.2 Å². The van der Waals surface area contributed by atoms with Gasteiger partial charge in [-0.05, 0) is 12.8 Å². The minimum Gasteiger partial charge on any atom is -0.396 e. The third kappa shape index (κ3) is 2.28. The lowest BCUT2D eigenvalue weighted by Gasteiger charge is -2.17. The van der Waals surface area contributed by atoms with Crippen LogP contribution in [0.1, 0.15) is 12.7 Å². The smallest absolute Gasteiger partial charge is 0.134 e. The van der Waals surface area contributed by atoms with E-state index in [0.717, 1.165) is 18.9 Å². The Bertz CT molecular complexity index is 365. The highest BCUT2D eigenvalue weighted by Gasteiger charge is 2.29. The van der Waals surface area contributed by atoms with E-state index in [1.807, 2.05) is 6.92 Å². The van der Waals surface area contributed by atoms with E-state index in [0.29, 0.717) is 22.8 Å². The zero-order valence-corrected chi connectivity index (χ0v) is 10.3. The maximum atomic E-state index is 9.22. The van der Waals surface area contributed by atoms with Crippen LogP contribution in [-0.4, -0.2) is 34.8 Å². The molecule has 0 radical (unpaired) electrons. The molecule has 0 saturated carbocycles. The van der Waals surface area contributed by atoms with Gasteiger partial charge in [-0.2, -0.15) is 0 Å². The van der Waals surface area contributed by atoms with Crippen LogP contribution in [0, 0.1) is 18.8 Å². The zero-order chi connectivity index (χ0) is 11.7. The average Bonchev–Trinajstić information content (AvgIpc) is 2.58. The summed E-state index contributed by atoms with van der Waals surface area (Å²) in [7, 11) is 0. The lowest BCUT2D eigenvalue weighted by molar-refractivity contribution is 0.212. The molecule has 0 unspecified atom stereocenters. The second-order valence-electron chi connectivity index (χ2n) is 4.42. The molecule has 0 amide bonds. The number of halogens is 1. The van der Waals surface area contributed by atoms with Crippen LogP contribution in [0.25, 0.3) is 0 Å². The Balaban J connectivity index is 2.19. The number of aromatic nitrogens is 2. The average molecular weight is 242 g/mol. The van der Waals surface area contributed by atoms with Gasteiger partial charge in [-0.15, -0.1) is 0 Å². The summed E-state index contributed by atoms with van der Waals surface area (Å²) in [5.74, 6) is 2.36. The van der Waals surface area contributed by atoms with E-state index in [1.165, 1.54) is 0 Å². The molecule has 88 valence electrons. The first kappa shape index (κ1) is 11.6. The van der Waals surface area contributed by atoms with Crippen LogP contribution < -0.4 is 4.90 Å². The van der Waals surface area contributed by atoms with Gasteiger partial charge in [-0.25, -0.2) is 9.97 Å². The number of aryl methyl sites for hydroxylation is 1. The Labute approximate surface area is 100 Å². The molecule has 2 rings (SSSR count). The third-order valence-electron chi connectivity index (χ3n) is 3.12.